The van der Waals surface area contributed by atoms with E-state index in [2.05, 4.69) is 5.32 Å². The van der Waals surface area contributed by atoms with Crippen LogP contribution in [0.15, 0.2) is 29.6 Å². The zero-order valence-electron chi connectivity index (χ0n) is 12.0. The predicted molar refractivity (Wildman–Crippen MR) is 79.7 cm³/mol. The minimum atomic E-state index is -0.487. The highest BCUT2D eigenvalue weighted by Gasteiger charge is 2.18. The SMILES string of the molecule is COc1cc(F)c([C@H](C)NC(=O)c2cccs2)cc1OC. The summed E-state index contributed by atoms with van der Waals surface area (Å²) in [7, 11) is 2.92. The lowest BCUT2D eigenvalue weighted by Crippen LogP contribution is -2.26. The highest BCUT2D eigenvalue weighted by atomic mass is 32.1. The van der Waals surface area contributed by atoms with Crippen molar-refractivity contribution in [1.29, 1.82) is 0 Å². The Morgan fingerprint density at radius 2 is 1.95 bits per heavy atom. The van der Waals surface area contributed by atoms with Crippen molar-refractivity contribution in [2.24, 2.45) is 0 Å². The Morgan fingerprint density at radius 3 is 2.52 bits per heavy atom. The van der Waals surface area contributed by atoms with E-state index in [1.54, 1.807) is 19.1 Å². The molecule has 0 spiro atoms. The van der Waals surface area contributed by atoms with Gasteiger partial charge in [0.15, 0.2) is 11.5 Å². The van der Waals surface area contributed by atoms with Crippen LogP contribution in [0.3, 0.4) is 0 Å². The van der Waals surface area contributed by atoms with E-state index in [-0.39, 0.29) is 5.91 Å². The number of ether oxygens (including phenoxy) is 2. The van der Waals surface area contributed by atoms with Gasteiger partial charge in [0.05, 0.1) is 25.1 Å². The molecule has 1 aromatic heterocycles. The van der Waals surface area contributed by atoms with Crippen molar-refractivity contribution < 1.29 is 18.7 Å². The van der Waals surface area contributed by atoms with Gasteiger partial charge in [-0.25, -0.2) is 4.39 Å². The van der Waals surface area contributed by atoms with Crippen LogP contribution in [0.4, 0.5) is 4.39 Å². The van der Waals surface area contributed by atoms with Gasteiger partial charge in [0, 0.05) is 11.6 Å². The van der Waals surface area contributed by atoms with Gasteiger partial charge in [0.1, 0.15) is 5.82 Å². The number of rotatable bonds is 5. The number of carbonyl (C=O) groups is 1. The van der Waals surface area contributed by atoms with Crippen LogP contribution in [0.5, 0.6) is 11.5 Å². The normalized spacial score (nSPS) is 11.8. The molecular weight excluding hydrogens is 293 g/mol. The molecule has 1 atom stereocenters. The molecule has 0 bridgehead atoms. The Hall–Kier alpha value is -2.08. The van der Waals surface area contributed by atoms with Gasteiger partial charge in [-0.15, -0.1) is 11.3 Å². The monoisotopic (exact) mass is 309 g/mol. The Kier molecular flexibility index (Phi) is 4.80. The molecule has 1 amide bonds. The first-order valence-corrected chi connectivity index (χ1v) is 7.20. The van der Waals surface area contributed by atoms with Crippen molar-refractivity contribution in [1.82, 2.24) is 5.32 Å². The fraction of sp³-hybridized carbons (Fsp3) is 0.267. The first-order valence-electron chi connectivity index (χ1n) is 6.32. The van der Waals surface area contributed by atoms with E-state index >= 15 is 0 Å². The molecule has 0 fully saturated rings. The van der Waals surface area contributed by atoms with Crippen LogP contribution in [0, 0.1) is 5.82 Å². The molecule has 6 heteroatoms. The number of halogens is 1. The van der Waals surface area contributed by atoms with Crippen LogP contribution < -0.4 is 14.8 Å². The molecule has 1 aromatic carbocycles. The zero-order valence-corrected chi connectivity index (χ0v) is 12.8. The lowest BCUT2D eigenvalue weighted by Gasteiger charge is -2.17. The highest BCUT2D eigenvalue weighted by molar-refractivity contribution is 7.12. The van der Waals surface area contributed by atoms with E-state index in [9.17, 15) is 9.18 Å². The van der Waals surface area contributed by atoms with E-state index < -0.39 is 11.9 Å². The fourth-order valence-electron chi connectivity index (χ4n) is 1.96. The third-order valence-electron chi connectivity index (χ3n) is 3.06. The van der Waals surface area contributed by atoms with Crippen molar-refractivity contribution in [3.63, 3.8) is 0 Å². The lowest BCUT2D eigenvalue weighted by atomic mass is 10.1. The van der Waals surface area contributed by atoms with Gasteiger partial charge in [-0.3, -0.25) is 4.79 Å². The second-order valence-electron chi connectivity index (χ2n) is 4.40. The van der Waals surface area contributed by atoms with Gasteiger partial charge in [-0.1, -0.05) is 6.07 Å². The van der Waals surface area contributed by atoms with Crippen molar-refractivity contribution >= 4 is 17.2 Å². The van der Waals surface area contributed by atoms with Crippen molar-refractivity contribution in [3.8, 4) is 11.5 Å². The topological polar surface area (TPSA) is 47.6 Å². The van der Waals surface area contributed by atoms with Crippen LogP contribution in [0.25, 0.3) is 0 Å². The van der Waals surface area contributed by atoms with Crippen molar-refractivity contribution in [2.75, 3.05) is 14.2 Å². The summed E-state index contributed by atoms with van der Waals surface area (Å²) in [5, 5.41) is 4.58. The summed E-state index contributed by atoms with van der Waals surface area (Å²) in [6.45, 7) is 1.72. The molecule has 0 aliphatic rings. The van der Waals surface area contributed by atoms with Crippen molar-refractivity contribution in [3.05, 3.63) is 45.9 Å². The van der Waals surface area contributed by atoms with Crippen LogP contribution in [-0.2, 0) is 0 Å². The van der Waals surface area contributed by atoms with E-state index in [1.807, 2.05) is 5.38 Å². The Labute approximate surface area is 126 Å². The maximum atomic E-state index is 14.1. The number of methoxy groups -OCH3 is 2. The van der Waals surface area contributed by atoms with Gasteiger partial charge in [-0.05, 0) is 24.4 Å². The minimum absolute atomic E-state index is 0.230. The van der Waals surface area contributed by atoms with Crippen LogP contribution in [0.1, 0.15) is 28.2 Å². The standard InChI is InChI=1S/C15H16FNO3S/c1-9(17-15(18)14-5-4-6-21-14)10-7-12(19-2)13(20-3)8-11(10)16/h4-9H,1-3H3,(H,17,18)/t9-/m0/s1. The molecule has 112 valence electrons. The van der Waals surface area contributed by atoms with E-state index in [4.69, 9.17) is 9.47 Å². The first-order chi connectivity index (χ1) is 10.1. The van der Waals surface area contributed by atoms with Crippen LogP contribution in [0.2, 0.25) is 0 Å². The van der Waals surface area contributed by atoms with Gasteiger partial charge in [0.2, 0.25) is 0 Å². The number of thiophene rings is 1. The summed E-state index contributed by atoms with van der Waals surface area (Å²) in [5.41, 5.74) is 0.345. The number of hydrogen-bond donors (Lipinski definition) is 1. The summed E-state index contributed by atoms with van der Waals surface area (Å²) >= 11 is 1.34. The zero-order chi connectivity index (χ0) is 15.4. The molecule has 21 heavy (non-hydrogen) atoms. The molecule has 0 unspecified atom stereocenters. The molecule has 0 radical (unpaired) electrons. The third kappa shape index (κ3) is 3.33. The molecule has 4 nitrogen and oxygen atoms in total. The second kappa shape index (κ2) is 6.58. The maximum Gasteiger partial charge on any atom is 0.261 e. The average molecular weight is 309 g/mol. The van der Waals surface area contributed by atoms with Gasteiger partial charge in [0.25, 0.3) is 5.91 Å². The lowest BCUT2D eigenvalue weighted by molar-refractivity contribution is 0.0943. The van der Waals surface area contributed by atoms with E-state index in [0.29, 0.717) is 21.9 Å². The number of benzene rings is 1. The molecule has 0 saturated heterocycles. The Morgan fingerprint density at radius 1 is 1.29 bits per heavy atom. The average Bonchev–Trinajstić information content (AvgIpc) is 3.00. The largest absolute Gasteiger partial charge is 0.493 e. The summed E-state index contributed by atoms with van der Waals surface area (Å²) < 4.78 is 24.3. The number of hydrogen-bond acceptors (Lipinski definition) is 4. The number of nitrogens with one attached hydrogen (secondary N) is 1. The highest BCUT2D eigenvalue weighted by Crippen LogP contribution is 2.32. The number of carbonyl (C=O) groups excluding carboxylic acids is 1. The van der Waals surface area contributed by atoms with Gasteiger partial charge < -0.3 is 14.8 Å². The summed E-state index contributed by atoms with van der Waals surface area (Å²) in [6, 6.07) is 5.81. The summed E-state index contributed by atoms with van der Waals surface area (Å²) in [4.78, 5) is 12.6. The molecule has 2 rings (SSSR count). The van der Waals surface area contributed by atoms with Gasteiger partial charge in [-0.2, -0.15) is 0 Å². The fourth-order valence-corrected chi connectivity index (χ4v) is 2.58. The van der Waals surface area contributed by atoms with Gasteiger partial charge >= 0.3 is 0 Å². The molecular formula is C15H16FNO3S. The second-order valence-corrected chi connectivity index (χ2v) is 5.35. The first kappa shape index (κ1) is 15.3. The van der Waals surface area contributed by atoms with Crippen molar-refractivity contribution in [2.45, 2.75) is 13.0 Å². The van der Waals surface area contributed by atoms with E-state index in [0.717, 1.165) is 0 Å². The summed E-state index contributed by atoms with van der Waals surface area (Å²) in [6.07, 6.45) is 0. The molecule has 0 aliphatic carbocycles. The molecule has 1 N–H and O–H groups in total. The molecule has 1 heterocycles. The minimum Gasteiger partial charge on any atom is -0.493 e. The molecule has 0 aliphatic heterocycles. The molecule has 2 aromatic rings. The Bertz CT molecular complexity index is 628. The molecule has 0 saturated carbocycles. The Balaban J connectivity index is 2.22. The van der Waals surface area contributed by atoms with Crippen LogP contribution >= 0.6 is 11.3 Å². The quantitative estimate of drug-likeness (QED) is 0.921. The van der Waals surface area contributed by atoms with E-state index in [1.165, 1.54) is 37.7 Å². The third-order valence-corrected chi connectivity index (χ3v) is 3.93. The summed E-state index contributed by atoms with van der Waals surface area (Å²) in [5.74, 6) is 0.0555. The smallest absolute Gasteiger partial charge is 0.261 e. The van der Waals surface area contributed by atoms with Crippen LogP contribution in [-0.4, -0.2) is 20.1 Å². The number of amides is 1. The maximum absolute atomic E-state index is 14.1. The predicted octanol–water partition coefficient (Wildman–Crippen LogP) is 3.40.